The van der Waals surface area contributed by atoms with Gasteiger partial charge >= 0.3 is 6.03 Å². The van der Waals surface area contributed by atoms with E-state index in [1.54, 1.807) is 48.0 Å². The Hall–Kier alpha value is -2.51. The minimum absolute atomic E-state index is 0.124. The zero-order valence-electron chi connectivity index (χ0n) is 16.1. The van der Waals surface area contributed by atoms with Crippen molar-refractivity contribution in [3.05, 3.63) is 54.1 Å². The fourth-order valence-electron chi connectivity index (χ4n) is 2.94. The van der Waals surface area contributed by atoms with E-state index in [1.165, 1.54) is 4.90 Å². The highest BCUT2D eigenvalue weighted by Gasteiger charge is 2.23. The Morgan fingerprint density at radius 2 is 1.71 bits per heavy atom. The summed E-state index contributed by atoms with van der Waals surface area (Å²) < 4.78 is 5.38. The summed E-state index contributed by atoms with van der Waals surface area (Å²) in [6, 6.07) is 15.0. The first-order chi connectivity index (χ1) is 13.5. The topological polar surface area (TPSA) is 70.7 Å². The second-order valence-corrected chi connectivity index (χ2v) is 7.58. The van der Waals surface area contributed by atoms with Crippen molar-refractivity contribution in [3.8, 4) is 0 Å². The quantitative estimate of drug-likeness (QED) is 0.715. The summed E-state index contributed by atoms with van der Waals surface area (Å²) in [4.78, 5) is 27.3. The maximum Gasteiger partial charge on any atom is 0.321 e. The minimum Gasteiger partial charge on any atom is -0.368 e. The van der Waals surface area contributed by atoms with Gasteiger partial charge in [-0.25, -0.2) is 4.79 Å². The van der Waals surface area contributed by atoms with Crippen LogP contribution in [0.4, 0.5) is 16.2 Å². The van der Waals surface area contributed by atoms with E-state index in [4.69, 9.17) is 4.74 Å². The molecule has 1 fully saturated rings. The fourth-order valence-corrected chi connectivity index (χ4v) is 3.35. The number of carbonyl (C=O) groups excluding carboxylic acids is 2. The summed E-state index contributed by atoms with van der Waals surface area (Å²) >= 11 is 1.69. The zero-order valence-corrected chi connectivity index (χ0v) is 16.9. The number of rotatable bonds is 6. The smallest absolute Gasteiger partial charge is 0.321 e. The normalized spacial score (nSPS) is 15.9. The van der Waals surface area contributed by atoms with Crippen molar-refractivity contribution in [2.75, 3.05) is 30.5 Å². The lowest BCUT2D eigenvalue weighted by Gasteiger charge is -2.18. The molecule has 1 saturated heterocycles. The van der Waals surface area contributed by atoms with E-state index < -0.39 is 0 Å². The molecule has 0 aliphatic carbocycles. The van der Waals surface area contributed by atoms with Gasteiger partial charge in [-0.1, -0.05) is 12.1 Å². The summed E-state index contributed by atoms with van der Waals surface area (Å²) in [6.07, 6.45) is 3.34. The zero-order chi connectivity index (χ0) is 19.9. The van der Waals surface area contributed by atoms with Gasteiger partial charge in [-0.3, -0.25) is 4.79 Å². The van der Waals surface area contributed by atoms with Crippen molar-refractivity contribution in [1.29, 1.82) is 0 Å². The summed E-state index contributed by atoms with van der Waals surface area (Å²) in [5.74, 6) is -0.124. The van der Waals surface area contributed by atoms with Crippen LogP contribution < -0.4 is 10.6 Å². The molecule has 0 radical (unpaired) electrons. The monoisotopic (exact) mass is 399 g/mol. The predicted octanol–water partition coefficient (Wildman–Crippen LogP) is 4.19. The average Bonchev–Trinajstić information content (AvgIpc) is 3.25. The molecule has 2 aromatic carbocycles. The molecule has 2 N–H and O–H groups in total. The highest BCUT2D eigenvalue weighted by molar-refractivity contribution is 7.98. The van der Waals surface area contributed by atoms with Crippen molar-refractivity contribution in [2.45, 2.75) is 30.4 Å². The van der Waals surface area contributed by atoms with Gasteiger partial charge in [0.05, 0.1) is 0 Å². The van der Waals surface area contributed by atoms with Crippen LogP contribution in [-0.2, 0) is 16.1 Å². The number of carbonyl (C=O) groups is 2. The van der Waals surface area contributed by atoms with Gasteiger partial charge in [0.1, 0.15) is 6.10 Å². The summed E-state index contributed by atoms with van der Waals surface area (Å²) in [5, 5.41) is 5.71. The SMILES string of the molecule is CSc1ccc(CN(C)C(=O)Nc2ccc(NC(=O)[C@H]3CCCO3)cc2)cc1. The molecule has 0 unspecified atom stereocenters. The number of amides is 3. The van der Waals surface area contributed by atoms with Crippen molar-refractivity contribution in [3.63, 3.8) is 0 Å². The highest BCUT2D eigenvalue weighted by Crippen LogP contribution is 2.18. The maximum atomic E-state index is 12.4. The number of ether oxygens (including phenoxy) is 1. The second-order valence-electron chi connectivity index (χ2n) is 6.70. The molecule has 0 spiro atoms. The molecule has 3 amide bonds. The van der Waals surface area contributed by atoms with Crippen LogP contribution in [0.15, 0.2) is 53.4 Å². The van der Waals surface area contributed by atoms with Gasteiger partial charge in [0.25, 0.3) is 5.91 Å². The Balaban J connectivity index is 1.50. The predicted molar refractivity (Wildman–Crippen MR) is 113 cm³/mol. The van der Waals surface area contributed by atoms with E-state index in [0.717, 1.165) is 18.4 Å². The van der Waals surface area contributed by atoms with Gasteiger partial charge in [-0.05, 0) is 61.1 Å². The van der Waals surface area contributed by atoms with Gasteiger partial charge in [-0.2, -0.15) is 0 Å². The molecule has 6 nitrogen and oxygen atoms in total. The Labute approximate surface area is 169 Å². The van der Waals surface area contributed by atoms with Crippen LogP contribution in [0.2, 0.25) is 0 Å². The third-order valence-electron chi connectivity index (χ3n) is 4.55. The molecule has 7 heteroatoms. The number of thioether (sulfide) groups is 1. The largest absolute Gasteiger partial charge is 0.368 e. The van der Waals surface area contributed by atoms with Crippen LogP contribution >= 0.6 is 11.8 Å². The van der Waals surface area contributed by atoms with E-state index in [9.17, 15) is 9.59 Å². The minimum atomic E-state index is -0.363. The van der Waals surface area contributed by atoms with Crippen molar-refractivity contribution < 1.29 is 14.3 Å². The number of nitrogens with zero attached hydrogens (tertiary/aromatic N) is 1. The van der Waals surface area contributed by atoms with Crippen molar-refractivity contribution >= 4 is 35.1 Å². The van der Waals surface area contributed by atoms with Crippen LogP contribution in [0.3, 0.4) is 0 Å². The maximum absolute atomic E-state index is 12.4. The van der Waals surface area contributed by atoms with E-state index >= 15 is 0 Å². The number of benzene rings is 2. The van der Waals surface area contributed by atoms with Crippen LogP contribution in [0, 0.1) is 0 Å². The first kappa shape index (κ1) is 20.2. The molecule has 1 aliphatic heterocycles. The Morgan fingerprint density at radius 3 is 2.29 bits per heavy atom. The van der Waals surface area contributed by atoms with Crippen molar-refractivity contribution in [2.24, 2.45) is 0 Å². The Bertz CT molecular complexity index is 803. The fraction of sp³-hybridized carbons (Fsp3) is 0.333. The van der Waals surface area contributed by atoms with Gasteiger partial charge in [0.15, 0.2) is 0 Å². The lowest BCUT2D eigenvalue weighted by Crippen LogP contribution is -2.30. The van der Waals surface area contributed by atoms with Crippen LogP contribution in [0.25, 0.3) is 0 Å². The van der Waals surface area contributed by atoms with Crippen LogP contribution in [-0.4, -0.2) is 42.9 Å². The number of hydrogen-bond donors (Lipinski definition) is 2. The van der Waals surface area contributed by atoms with Gasteiger partial charge in [-0.15, -0.1) is 11.8 Å². The third-order valence-corrected chi connectivity index (χ3v) is 5.29. The molecule has 1 heterocycles. The second kappa shape index (κ2) is 9.61. The molecule has 0 saturated carbocycles. The Morgan fingerprint density at radius 1 is 1.07 bits per heavy atom. The molecule has 1 atom stereocenters. The molecule has 28 heavy (non-hydrogen) atoms. The average molecular weight is 400 g/mol. The number of anilines is 2. The molecule has 148 valence electrons. The third kappa shape index (κ3) is 5.50. The summed E-state index contributed by atoms with van der Waals surface area (Å²) in [6.45, 7) is 1.16. The van der Waals surface area contributed by atoms with E-state index in [1.807, 2.05) is 18.4 Å². The number of hydrogen-bond acceptors (Lipinski definition) is 4. The molecular formula is C21H25N3O3S. The van der Waals surface area contributed by atoms with Crippen molar-refractivity contribution in [1.82, 2.24) is 4.90 Å². The van der Waals surface area contributed by atoms with Crippen LogP contribution in [0.5, 0.6) is 0 Å². The molecule has 3 rings (SSSR count). The molecule has 1 aliphatic rings. The number of urea groups is 1. The van der Waals surface area contributed by atoms with E-state index in [-0.39, 0.29) is 18.0 Å². The molecule has 0 bridgehead atoms. The summed E-state index contributed by atoms with van der Waals surface area (Å²) in [7, 11) is 1.76. The van der Waals surface area contributed by atoms with Gasteiger partial charge in [0.2, 0.25) is 0 Å². The molecule has 2 aromatic rings. The molecular weight excluding hydrogens is 374 g/mol. The lowest BCUT2D eigenvalue weighted by molar-refractivity contribution is -0.124. The first-order valence-corrected chi connectivity index (χ1v) is 10.5. The standard InChI is InChI=1S/C21H25N3O3S/c1-24(14-15-5-11-18(28-2)12-6-15)21(26)23-17-9-7-16(8-10-17)22-20(25)19-4-3-13-27-19/h5-12,19H,3-4,13-14H2,1-2H3,(H,22,25)(H,23,26)/t19-/m1/s1. The van der Waals surface area contributed by atoms with Gasteiger partial charge < -0.3 is 20.3 Å². The summed E-state index contributed by atoms with van der Waals surface area (Å²) in [5.41, 5.74) is 2.42. The van der Waals surface area contributed by atoms with Crippen LogP contribution in [0.1, 0.15) is 18.4 Å². The number of nitrogens with one attached hydrogen (secondary N) is 2. The van der Waals surface area contributed by atoms with Gasteiger partial charge in [0, 0.05) is 36.5 Å². The van der Waals surface area contributed by atoms with E-state index in [2.05, 4.69) is 22.8 Å². The lowest BCUT2D eigenvalue weighted by atomic mass is 10.2. The van der Waals surface area contributed by atoms with E-state index in [0.29, 0.717) is 24.5 Å². The highest BCUT2D eigenvalue weighted by atomic mass is 32.2. The Kier molecular flexibility index (Phi) is 6.95. The molecule has 0 aromatic heterocycles. The first-order valence-electron chi connectivity index (χ1n) is 9.23.